The molecule has 72 valence electrons. The molecule has 1 atom stereocenters. The molecule has 1 saturated heterocycles. The monoisotopic (exact) mass is 185 g/mol. The number of carboxylic acid groups (broad SMARTS) is 1. The van der Waals surface area contributed by atoms with E-state index in [1.165, 1.54) is 4.90 Å². The van der Waals surface area contributed by atoms with Gasteiger partial charge in [-0.15, -0.1) is 0 Å². The van der Waals surface area contributed by atoms with Gasteiger partial charge in [0.05, 0.1) is 19.4 Å². The number of Topliss-reactive ketones (excluding diaryl/α,β-unsaturated/α-hetero) is 1. The highest BCUT2D eigenvalue weighted by Gasteiger charge is 2.31. The van der Waals surface area contributed by atoms with Crippen molar-refractivity contribution in [1.82, 2.24) is 4.90 Å². The minimum absolute atomic E-state index is 0.0628. The number of aliphatic carboxylic acids is 1. The van der Waals surface area contributed by atoms with E-state index in [0.717, 1.165) is 0 Å². The van der Waals surface area contributed by atoms with Gasteiger partial charge < -0.3 is 10.0 Å². The number of likely N-dealkylation sites (tertiary alicyclic amines) is 1. The minimum Gasteiger partial charge on any atom is -0.481 e. The summed E-state index contributed by atoms with van der Waals surface area (Å²) in [6.45, 7) is 1.69. The van der Waals surface area contributed by atoms with Crippen LogP contribution < -0.4 is 0 Å². The van der Waals surface area contributed by atoms with Gasteiger partial charge in [0.25, 0.3) is 0 Å². The second kappa shape index (κ2) is 3.55. The molecule has 0 aromatic carbocycles. The molecule has 13 heavy (non-hydrogen) atoms. The average Bonchev–Trinajstić information content (AvgIpc) is 2.28. The zero-order valence-electron chi connectivity index (χ0n) is 7.32. The molecule has 0 spiro atoms. The summed E-state index contributed by atoms with van der Waals surface area (Å²) in [6.07, 6.45) is -0.191. The molecule has 1 unspecified atom stereocenters. The average molecular weight is 185 g/mol. The van der Waals surface area contributed by atoms with E-state index in [1.54, 1.807) is 6.92 Å². The fourth-order valence-electron chi connectivity index (χ4n) is 1.37. The fraction of sp³-hybridized carbons (Fsp3) is 0.625. The van der Waals surface area contributed by atoms with E-state index >= 15 is 0 Å². The molecule has 0 saturated carbocycles. The van der Waals surface area contributed by atoms with E-state index < -0.39 is 12.0 Å². The van der Waals surface area contributed by atoms with E-state index in [9.17, 15) is 14.4 Å². The zero-order valence-corrected chi connectivity index (χ0v) is 7.32. The largest absolute Gasteiger partial charge is 0.481 e. The number of carbonyl (C=O) groups excluding carboxylic acids is 2. The lowest BCUT2D eigenvalue weighted by molar-refractivity contribution is -0.139. The highest BCUT2D eigenvalue weighted by atomic mass is 16.4. The van der Waals surface area contributed by atoms with Crippen molar-refractivity contribution in [3.8, 4) is 0 Å². The van der Waals surface area contributed by atoms with Crippen LogP contribution in [0.3, 0.4) is 0 Å². The van der Waals surface area contributed by atoms with Crippen LogP contribution in [0.5, 0.6) is 0 Å². The summed E-state index contributed by atoms with van der Waals surface area (Å²) in [5, 5.41) is 8.47. The second-order valence-electron chi connectivity index (χ2n) is 3.18. The summed E-state index contributed by atoms with van der Waals surface area (Å²) in [5.41, 5.74) is 0. The Hall–Kier alpha value is -1.39. The van der Waals surface area contributed by atoms with Crippen molar-refractivity contribution in [2.45, 2.75) is 25.8 Å². The van der Waals surface area contributed by atoms with Gasteiger partial charge in [-0.2, -0.15) is 0 Å². The SMILES string of the molecule is CC(CC(=O)O)N1CC(=O)CC1=O. The maximum atomic E-state index is 11.1. The first-order chi connectivity index (χ1) is 6.00. The first kappa shape index (κ1) is 9.70. The molecule has 0 bridgehead atoms. The lowest BCUT2D eigenvalue weighted by atomic mass is 10.2. The van der Waals surface area contributed by atoms with E-state index in [-0.39, 0.29) is 31.1 Å². The third-order valence-electron chi connectivity index (χ3n) is 2.02. The van der Waals surface area contributed by atoms with Crippen LogP contribution in [0, 0.1) is 0 Å². The Bertz CT molecular complexity index is 261. The quantitative estimate of drug-likeness (QED) is 0.610. The molecule has 1 aliphatic heterocycles. The molecule has 1 fully saturated rings. The topological polar surface area (TPSA) is 74.7 Å². The third kappa shape index (κ3) is 2.27. The Kier molecular flexibility index (Phi) is 2.65. The van der Waals surface area contributed by atoms with Crippen molar-refractivity contribution in [1.29, 1.82) is 0 Å². The summed E-state index contributed by atoms with van der Waals surface area (Å²) >= 11 is 0. The van der Waals surface area contributed by atoms with Crippen LogP contribution in [-0.2, 0) is 14.4 Å². The fourth-order valence-corrected chi connectivity index (χ4v) is 1.37. The molecule has 1 aliphatic rings. The lowest BCUT2D eigenvalue weighted by Crippen LogP contribution is -2.36. The molecule has 1 amide bonds. The van der Waals surface area contributed by atoms with E-state index in [4.69, 9.17) is 5.11 Å². The van der Waals surface area contributed by atoms with Crippen molar-refractivity contribution >= 4 is 17.7 Å². The Morgan fingerprint density at radius 2 is 2.23 bits per heavy atom. The van der Waals surface area contributed by atoms with Crippen molar-refractivity contribution in [2.24, 2.45) is 0 Å². The van der Waals surface area contributed by atoms with Crippen molar-refractivity contribution < 1.29 is 19.5 Å². The zero-order chi connectivity index (χ0) is 10.0. The molecule has 0 aromatic heterocycles. The van der Waals surface area contributed by atoms with Crippen molar-refractivity contribution in [2.75, 3.05) is 6.54 Å². The molecule has 1 N–H and O–H groups in total. The Labute approximate surface area is 75.3 Å². The number of hydrogen-bond donors (Lipinski definition) is 1. The highest BCUT2D eigenvalue weighted by molar-refractivity contribution is 6.05. The standard InChI is InChI=1S/C8H11NO4/c1-5(2-8(12)13)9-4-6(10)3-7(9)11/h5H,2-4H2,1H3,(H,12,13). The number of carbonyl (C=O) groups is 3. The summed E-state index contributed by atoms with van der Waals surface area (Å²) in [7, 11) is 0. The first-order valence-electron chi connectivity index (χ1n) is 4.03. The second-order valence-corrected chi connectivity index (χ2v) is 3.18. The molecule has 1 heterocycles. The van der Waals surface area contributed by atoms with Crippen LogP contribution in [0.2, 0.25) is 0 Å². The molecular formula is C8H11NO4. The van der Waals surface area contributed by atoms with Gasteiger partial charge in [0.2, 0.25) is 5.91 Å². The number of hydrogen-bond acceptors (Lipinski definition) is 3. The summed E-state index contributed by atoms with van der Waals surface area (Å²) in [6, 6.07) is -0.392. The maximum Gasteiger partial charge on any atom is 0.305 e. The van der Waals surface area contributed by atoms with E-state index in [2.05, 4.69) is 0 Å². The lowest BCUT2D eigenvalue weighted by Gasteiger charge is -2.21. The number of nitrogens with zero attached hydrogens (tertiary/aromatic N) is 1. The Morgan fingerprint density at radius 1 is 1.62 bits per heavy atom. The summed E-state index contributed by atoms with van der Waals surface area (Å²) in [5.74, 6) is -1.36. The van der Waals surface area contributed by atoms with Crippen molar-refractivity contribution in [3.63, 3.8) is 0 Å². The van der Waals surface area contributed by atoms with Gasteiger partial charge in [-0.25, -0.2) is 0 Å². The first-order valence-corrected chi connectivity index (χ1v) is 4.03. The van der Waals surface area contributed by atoms with E-state index in [1.807, 2.05) is 0 Å². The number of carboxylic acids is 1. The summed E-state index contributed by atoms with van der Waals surface area (Å²) < 4.78 is 0. The highest BCUT2D eigenvalue weighted by Crippen LogP contribution is 2.12. The van der Waals surface area contributed by atoms with Crippen LogP contribution in [0.15, 0.2) is 0 Å². The minimum atomic E-state index is -0.959. The predicted molar refractivity (Wildman–Crippen MR) is 43.1 cm³/mol. The number of ketones is 1. The van der Waals surface area contributed by atoms with Crippen LogP contribution in [0.4, 0.5) is 0 Å². The summed E-state index contributed by atoms with van der Waals surface area (Å²) in [4.78, 5) is 33.6. The van der Waals surface area contributed by atoms with Crippen LogP contribution in [-0.4, -0.2) is 40.3 Å². The Morgan fingerprint density at radius 3 is 2.62 bits per heavy atom. The number of amides is 1. The van der Waals surface area contributed by atoms with Crippen LogP contribution in [0.25, 0.3) is 0 Å². The predicted octanol–water partition coefficient (Wildman–Crippen LogP) is -0.349. The molecule has 1 rings (SSSR count). The normalized spacial score (nSPS) is 19.3. The van der Waals surface area contributed by atoms with Gasteiger partial charge in [0, 0.05) is 6.04 Å². The van der Waals surface area contributed by atoms with Gasteiger partial charge in [-0.1, -0.05) is 0 Å². The number of rotatable bonds is 3. The molecule has 0 aliphatic carbocycles. The van der Waals surface area contributed by atoms with E-state index in [0.29, 0.717) is 0 Å². The smallest absolute Gasteiger partial charge is 0.305 e. The van der Waals surface area contributed by atoms with Crippen molar-refractivity contribution in [3.05, 3.63) is 0 Å². The maximum absolute atomic E-state index is 11.1. The van der Waals surface area contributed by atoms with Gasteiger partial charge >= 0.3 is 5.97 Å². The molecule has 5 nitrogen and oxygen atoms in total. The van der Waals surface area contributed by atoms with Gasteiger partial charge in [0.15, 0.2) is 5.78 Å². The van der Waals surface area contributed by atoms with Crippen LogP contribution >= 0.6 is 0 Å². The van der Waals surface area contributed by atoms with Crippen LogP contribution in [0.1, 0.15) is 19.8 Å². The third-order valence-corrected chi connectivity index (χ3v) is 2.02. The Balaban J connectivity index is 2.56. The van der Waals surface area contributed by atoms with Gasteiger partial charge in [-0.05, 0) is 6.92 Å². The molecular weight excluding hydrogens is 174 g/mol. The molecule has 0 radical (unpaired) electrons. The molecule has 0 aromatic rings. The van der Waals surface area contributed by atoms with Gasteiger partial charge in [0.1, 0.15) is 0 Å². The molecule has 5 heteroatoms. The van der Waals surface area contributed by atoms with Gasteiger partial charge in [-0.3, -0.25) is 14.4 Å².